The molecular weight excluding hydrogens is 324 g/mol. The van der Waals surface area contributed by atoms with Gasteiger partial charge in [-0.3, -0.25) is 4.79 Å². The topological polar surface area (TPSA) is 55.1 Å². The molecule has 1 aromatic heterocycles. The maximum atomic E-state index is 12.2. The molecule has 0 unspecified atom stereocenters. The highest BCUT2D eigenvalue weighted by Gasteiger charge is 2.25. The zero-order chi connectivity index (χ0) is 16.7. The van der Waals surface area contributed by atoms with Gasteiger partial charge in [0.15, 0.2) is 5.58 Å². The number of carbonyl (C=O) groups excluding carboxylic acids is 1. The molecule has 1 saturated carbocycles. The van der Waals surface area contributed by atoms with Crippen molar-refractivity contribution < 1.29 is 9.21 Å². The molecule has 4 nitrogen and oxygen atoms in total. The van der Waals surface area contributed by atoms with Gasteiger partial charge < -0.3 is 9.73 Å². The summed E-state index contributed by atoms with van der Waals surface area (Å²) in [5.74, 6) is 0.667. The van der Waals surface area contributed by atoms with Gasteiger partial charge in [0.2, 0.25) is 11.8 Å². The molecular formula is C19H17ClN2O2. The molecule has 0 spiro atoms. The predicted octanol–water partition coefficient (Wildman–Crippen LogP) is 5.20. The van der Waals surface area contributed by atoms with Gasteiger partial charge in [-0.05, 0) is 49.6 Å². The van der Waals surface area contributed by atoms with E-state index in [1.165, 1.54) is 0 Å². The highest BCUT2D eigenvalue weighted by molar-refractivity contribution is 6.33. The number of rotatable bonds is 3. The number of hydrogen-bond acceptors (Lipinski definition) is 3. The number of anilines is 1. The number of benzene rings is 2. The summed E-state index contributed by atoms with van der Waals surface area (Å²) in [4.78, 5) is 16.7. The van der Waals surface area contributed by atoms with Gasteiger partial charge >= 0.3 is 0 Å². The van der Waals surface area contributed by atoms with E-state index < -0.39 is 0 Å². The van der Waals surface area contributed by atoms with Gasteiger partial charge in [-0.1, -0.05) is 30.2 Å². The third-order valence-corrected chi connectivity index (χ3v) is 4.90. The van der Waals surface area contributed by atoms with Gasteiger partial charge in [-0.2, -0.15) is 0 Å². The molecule has 1 fully saturated rings. The molecule has 1 N–H and O–H groups in total. The van der Waals surface area contributed by atoms with E-state index in [9.17, 15) is 4.79 Å². The summed E-state index contributed by atoms with van der Waals surface area (Å²) >= 11 is 6.23. The van der Waals surface area contributed by atoms with E-state index in [1.807, 2.05) is 37.3 Å². The van der Waals surface area contributed by atoms with Crippen molar-refractivity contribution in [2.24, 2.45) is 5.92 Å². The number of para-hydroxylation sites is 1. The molecule has 0 radical (unpaired) electrons. The standard InChI is InChI=1S/C19H17ClN2O2/c1-11-4-2-7-16-17(11)22-19(24-16)13-8-9-14(20)15(10-13)21-18(23)12-5-3-6-12/h2,4,7-10,12H,3,5-6H2,1H3,(H,21,23). The van der Waals surface area contributed by atoms with Crippen molar-refractivity contribution in [2.45, 2.75) is 26.2 Å². The van der Waals surface area contributed by atoms with Crippen molar-refractivity contribution >= 4 is 34.3 Å². The predicted molar refractivity (Wildman–Crippen MR) is 95.2 cm³/mol. The highest BCUT2D eigenvalue weighted by atomic mass is 35.5. The SMILES string of the molecule is Cc1cccc2oc(-c3ccc(Cl)c(NC(=O)C4CCC4)c3)nc12. The third kappa shape index (κ3) is 2.67. The second-order valence-corrected chi connectivity index (χ2v) is 6.66. The first kappa shape index (κ1) is 15.2. The normalized spacial score (nSPS) is 14.6. The van der Waals surface area contributed by atoms with Crippen LogP contribution in [0.25, 0.3) is 22.6 Å². The smallest absolute Gasteiger partial charge is 0.227 e. The molecule has 4 rings (SSSR count). The summed E-state index contributed by atoms with van der Waals surface area (Å²) in [5, 5.41) is 3.44. The summed E-state index contributed by atoms with van der Waals surface area (Å²) in [6.07, 6.45) is 3.02. The highest BCUT2D eigenvalue weighted by Crippen LogP contribution is 2.33. The third-order valence-electron chi connectivity index (χ3n) is 4.57. The average Bonchev–Trinajstić information content (AvgIpc) is 2.93. The Morgan fingerprint density at radius 2 is 2.12 bits per heavy atom. The van der Waals surface area contributed by atoms with Gasteiger partial charge in [-0.25, -0.2) is 4.98 Å². The van der Waals surface area contributed by atoms with Crippen molar-refractivity contribution in [3.63, 3.8) is 0 Å². The number of fused-ring (bicyclic) bond motifs is 1. The van der Waals surface area contributed by atoms with Crippen molar-refractivity contribution in [1.82, 2.24) is 4.98 Å². The van der Waals surface area contributed by atoms with Gasteiger partial charge in [0.05, 0.1) is 10.7 Å². The van der Waals surface area contributed by atoms with Crippen LogP contribution in [0.4, 0.5) is 5.69 Å². The largest absolute Gasteiger partial charge is 0.436 e. The molecule has 24 heavy (non-hydrogen) atoms. The van der Waals surface area contributed by atoms with Crippen LogP contribution in [0.3, 0.4) is 0 Å². The number of hydrogen-bond donors (Lipinski definition) is 1. The van der Waals surface area contributed by atoms with E-state index in [1.54, 1.807) is 6.07 Å². The molecule has 122 valence electrons. The van der Waals surface area contributed by atoms with E-state index >= 15 is 0 Å². The lowest BCUT2D eigenvalue weighted by Crippen LogP contribution is -2.28. The second kappa shape index (κ2) is 5.95. The number of nitrogens with one attached hydrogen (secondary N) is 1. The van der Waals surface area contributed by atoms with Crippen LogP contribution < -0.4 is 5.32 Å². The molecule has 3 aromatic rings. The molecule has 0 aliphatic heterocycles. The van der Waals surface area contributed by atoms with E-state index in [2.05, 4.69) is 10.3 Å². The van der Waals surface area contributed by atoms with Crippen molar-refractivity contribution in [3.8, 4) is 11.5 Å². The lowest BCUT2D eigenvalue weighted by molar-refractivity contribution is -0.122. The fourth-order valence-electron chi connectivity index (χ4n) is 2.87. The summed E-state index contributed by atoms with van der Waals surface area (Å²) < 4.78 is 5.85. The minimum Gasteiger partial charge on any atom is -0.436 e. The molecule has 5 heteroatoms. The Hall–Kier alpha value is -2.33. The molecule has 1 aliphatic carbocycles. The molecule has 1 aliphatic rings. The molecule has 1 amide bonds. The van der Waals surface area contributed by atoms with Crippen LogP contribution in [0.15, 0.2) is 40.8 Å². The van der Waals surface area contributed by atoms with Crippen molar-refractivity contribution in [1.29, 1.82) is 0 Å². The Kier molecular flexibility index (Phi) is 3.77. The maximum absolute atomic E-state index is 12.2. The van der Waals surface area contributed by atoms with Crippen LogP contribution >= 0.6 is 11.6 Å². The first-order valence-electron chi connectivity index (χ1n) is 8.09. The Labute approximate surface area is 144 Å². The zero-order valence-corrected chi connectivity index (χ0v) is 14.1. The van der Waals surface area contributed by atoms with Crippen LogP contribution in [0, 0.1) is 12.8 Å². The lowest BCUT2D eigenvalue weighted by atomic mass is 9.85. The zero-order valence-electron chi connectivity index (χ0n) is 13.3. The Balaban J connectivity index is 1.68. The lowest BCUT2D eigenvalue weighted by Gasteiger charge is -2.24. The van der Waals surface area contributed by atoms with Gasteiger partial charge in [-0.15, -0.1) is 0 Å². The van der Waals surface area contributed by atoms with Crippen LogP contribution in [0.1, 0.15) is 24.8 Å². The summed E-state index contributed by atoms with van der Waals surface area (Å²) in [6.45, 7) is 2.00. The monoisotopic (exact) mass is 340 g/mol. The van der Waals surface area contributed by atoms with E-state index in [-0.39, 0.29) is 11.8 Å². The number of halogens is 1. The molecule has 1 heterocycles. The van der Waals surface area contributed by atoms with Crippen LogP contribution in [-0.2, 0) is 4.79 Å². The number of amides is 1. The fraction of sp³-hybridized carbons (Fsp3) is 0.263. The van der Waals surface area contributed by atoms with Gasteiger partial charge in [0.1, 0.15) is 5.52 Å². The number of oxazole rings is 1. The second-order valence-electron chi connectivity index (χ2n) is 6.25. The number of aromatic nitrogens is 1. The molecule has 0 saturated heterocycles. The van der Waals surface area contributed by atoms with E-state index in [4.69, 9.17) is 16.0 Å². The molecule has 2 aromatic carbocycles. The number of nitrogens with zero attached hydrogens (tertiary/aromatic N) is 1. The van der Waals surface area contributed by atoms with Gasteiger partial charge in [0, 0.05) is 11.5 Å². The van der Waals surface area contributed by atoms with E-state index in [0.717, 1.165) is 41.5 Å². The van der Waals surface area contributed by atoms with Crippen LogP contribution in [0.2, 0.25) is 5.02 Å². The quantitative estimate of drug-likeness (QED) is 0.713. The first-order valence-corrected chi connectivity index (χ1v) is 8.46. The summed E-state index contributed by atoms with van der Waals surface area (Å²) in [7, 11) is 0. The van der Waals surface area contributed by atoms with Crippen molar-refractivity contribution in [3.05, 3.63) is 47.0 Å². The van der Waals surface area contributed by atoms with E-state index in [0.29, 0.717) is 16.6 Å². The Morgan fingerprint density at radius 1 is 1.29 bits per heavy atom. The fourth-order valence-corrected chi connectivity index (χ4v) is 3.03. The molecule has 0 atom stereocenters. The van der Waals surface area contributed by atoms with Crippen LogP contribution in [-0.4, -0.2) is 10.9 Å². The van der Waals surface area contributed by atoms with Gasteiger partial charge in [0.25, 0.3) is 0 Å². The van der Waals surface area contributed by atoms with Crippen LogP contribution in [0.5, 0.6) is 0 Å². The average molecular weight is 341 g/mol. The maximum Gasteiger partial charge on any atom is 0.227 e. The Morgan fingerprint density at radius 3 is 2.83 bits per heavy atom. The Bertz CT molecular complexity index is 928. The molecule has 0 bridgehead atoms. The number of carbonyl (C=O) groups is 1. The summed E-state index contributed by atoms with van der Waals surface area (Å²) in [6, 6.07) is 11.3. The summed E-state index contributed by atoms with van der Waals surface area (Å²) in [5.41, 5.74) is 4.06. The first-order chi connectivity index (χ1) is 11.6. The van der Waals surface area contributed by atoms with Crippen molar-refractivity contribution in [2.75, 3.05) is 5.32 Å². The minimum atomic E-state index is 0.0358. The minimum absolute atomic E-state index is 0.0358. The number of aryl methyl sites for hydroxylation is 1.